The van der Waals surface area contributed by atoms with Crippen molar-refractivity contribution >= 4 is 11.9 Å². The van der Waals surface area contributed by atoms with Gasteiger partial charge in [0.05, 0.1) is 5.56 Å². The van der Waals surface area contributed by atoms with Gasteiger partial charge in [0, 0.05) is 19.7 Å². The second-order valence-electron chi connectivity index (χ2n) is 6.37. The maximum atomic E-state index is 12.6. The largest absolute Gasteiger partial charge is 0.457 e. The summed E-state index contributed by atoms with van der Waals surface area (Å²) in [4.78, 5) is 26.5. The van der Waals surface area contributed by atoms with Gasteiger partial charge in [0.15, 0.2) is 0 Å². The van der Waals surface area contributed by atoms with Crippen LogP contribution in [0.3, 0.4) is 0 Å². The van der Waals surface area contributed by atoms with Crippen LogP contribution in [0.4, 0.5) is 0 Å². The van der Waals surface area contributed by atoms with Crippen molar-refractivity contribution in [2.45, 2.75) is 6.10 Å². The SMILES string of the molecule is CN(C)C(=O)[C@@H](OC(=O)c1ccc(Oc2ccccc2)cc1)c1ccccc1. The minimum absolute atomic E-state index is 0.302. The highest BCUT2D eigenvalue weighted by atomic mass is 16.5. The molecule has 28 heavy (non-hydrogen) atoms. The molecule has 3 rings (SSSR count). The summed E-state index contributed by atoms with van der Waals surface area (Å²) < 4.78 is 11.3. The molecule has 5 nitrogen and oxygen atoms in total. The number of hydrogen-bond donors (Lipinski definition) is 0. The number of ether oxygens (including phenoxy) is 2. The van der Waals surface area contributed by atoms with E-state index in [0.717, 1.165) is 0 Å². The van der Waals surface area contributed by atoms with Crippen LogP contribution in [0.25, 0.3) is 0 Å². The first kappa shape index (κ1) is 19.2. The number of amides is 1. The summed E-state index contributed by atoms with van der Waals surface area (Å²) in [6.07, 6.45) is -0.996. The molecule has 0 unspecified atom stereocenters. The third-order valence-electron chi connectivity index (χ3n) is 4.06. The minimum atomic E-state index is -0.996. The highest BCUT2D eigenvalue weighted by molar-refractivity contribution is 5.92. The highest BCUT2D eigenvalue weighted by Crippen LogP contribution is 2.24. The first-order valence-electron chi connectivity index (χ1n) is 8.84. The number of benzene rings is 3. The maximum absolute atomic E-state index is 12.6. The zero-order valence-electron chi connectivity index (χ0n) is 15.7. The van der Waals surface area contributed by atoms with Gasteiger partial charge in [0.2, 0.25) is 6.10 Å². The number of hydrogen-bond acceptors (Lipinski definition) is 4. The summed E-state index contributed by atoms with van der Waals surface area (Å²) in [6, 6.07) is 24.9. The lowest BCUT2D eigenvalue weighted by molar-refractivity contribution is -0.138. The van der Waals surface area contributed by atoms with Crippen LogP contribution in [0.1, 0.15) is 22.0 Å². The van der Waals surface area contributed by atoms with E-state index in [1.807, 2.05) is 36.4 Å². The van der Waals surface area contributed by atoms with E-state index >= 15 is 0 Å². The fourth-order valence-corrected chi connectivity index (χ4v) is 2.58. The maximum Gasteiger partial charge on any atom is 0.339 e. The van der Waals surface area contributed by atoms with Gasteiger partial charge in [-0.3, -0.25) is 4.79 Å². The predicted octanol–water partition coefficient (Wildman–Crippen LogP) is 4.47. The summed E-state index contributed by atoms with van der Waals surface area (Å²) in [6.45, 7) is 0. The number of carbonyl (C=O) groups excluding carboxylic acids is 2. The first-order valence-corrected chi connectivity index (χ1v) is 8.84. The lowest BCUT2D eigenvalue weighted by atomic mass is 10.1. The topological polar surface area (TPSA) is 55.8 Å². The van der Waals surface area contributed by atoms with Crippen LogP contribution in [-0.2, 0) is 9.53 Å². The monoisotopic (exact) mass is 375 g/mol. The fourth-order valence-electron chi connectivity index (χ4n) is 2.58. The normalized spacial score (nSPS) is 11.4. The summed E-state index contributed by atoms with van der Waals surface area (Å²) in [5.41, 5.74) is 0.964. The van der Waals surface area contributed by atoms with Crippen LogP contribution in [0, 0.1) is 0 Å². The third-order valence-corrected chi connectivity index (χ3v) is 4.06. The second-order valence-corrected chi connectivity index (χ2v) is 6.37. The highest BCUT2D eigenvalue weighted by Gasteiger charge is 2.26. The van der Waals surface area contributed by atoms with Gasteiger partial charge >= 0.3 is 5.97 Å². The van der Waals surface area contributed by atoms with Gasteiger partial charge in [-0.15, -0.1) is 0 Å². The minimum Gasteiger partial charge on any atom is -0.457 e. The number of likely N-dealkylation sites (N-methyl/N-ethyl adjacent to an activating group) is 1. The van der Waals surface area contributed by atoms with Crippen molar-refractivity contribution in [1.29, 1.82) is 0 Å². The average Bonchev–Trinajstić information content (AvgIpc) is 2.73. The Morgan fingerprint density at radius 1 is 0.750 bits per heavy atom. The van der Waals surface area contributed by atoms with Gasteiger partial charge in [-0.05, 0) is 36.4 Å². The van der Waals surface area contributed by atoms with Crippen LogP contribution < -0.4 is 4.74 Å². The van der Waals surface area contributed by atoms with E-state index in [1.54, 1.807) is 62.6 Å². The van der Waals surface area contributed by atoms with E-state index < -0.39 is 12.1 Å². The third kappa shape index (κ3) is 4.76. The van der Waals surface area contributed by atoms with Crippen LogP contribution >= 0.6 is 0 Å². The van der Waals surface area contributed by atoms with Gasteiger partial charge in [0.25, 0.3) is 5.91 Å². The van der Waals surface area contributed by atoms with Crippen molar-refractivity contribution in [3.05, 3.63) is 96.1 Å². The Balaban J connectivity index is 1.74. The van der Waals surface area contributed by atoms with Crippen LogP contribution in [0.15, 0.2) is 84.9 Å². The van der Waals surface area contributed by atoms with Crippen molar-refractivity contribution in [2.75, 3.05) is 14.1 Å². The molecule has 0 aliphatic heterocycles. The summed E-state index contributed by atoms with van der Waals surface area (Å²) in [5, 5.41) is 0. The van der Waals surface area contributed by atoms with E-state index in [0.29, 0.717) is 22.6 Å². The predicted molar refractivity (Wildman–Crippen MR) is 106 cm³/mol. The van der Waals surface area contributed by atoms with E-state index in [2.05, 4.69) is 0 Å². The van der Waals surface area contributed by atoms with Crippen molar-refractivity contribution in [3.8, 4) is 11.5 Å². The molecule has 1 amide bonds. The lowest BCUT2D eigenvalue weighted by Crippen LogP contribution is -2.31. The van der Waals surface area contributed by atoms with E-state index in [-0.39, 0.29) is 5.91 Å². The number of para-hydroxylation sites is 1. The molecular formula is C23H21NO4. The zero-order chi connectivity index (χ0) is 19.9. The summed E-state index contributed by atoms with van der Waals surface area (Å²) >= 11 is 0. The fraction of sp³-hybridized carbons (Fsp3) is 0.130. The molecular weight excluding hydrogens is 354 g/mol. The Hall–Kier alpha value is -3.60. The Bertz CT molecular complexity index is 922. The van der Waals surface area contributed by atoms with Crippen LogP contribution in [0.2, 0.25) is 0 Å². The molecule has 0 fully saturated rings. The van der Waals surface area contributed by atoms with Gasteiger partial charge in [-0.2, -0.15) is 0 Å². The Labute approximate surface area is 164 Å². The standard InChI is InChI=1S/C23H21NO4/c1-24(2)22(25)21(17-9-5-3-6-10-17)28-23(26)18-13-15-20(16-14-18)27-19-11-7-4-8-12-19/h3-16,21H,1-2H3/t21-/m0/s1. The summed E-state index contributed by atoms with van der Waals surface area (Å²) in [5.74, 6) is 0.434. The van der Waals surface area contributed by atoms with Crippen LogP contribution in [-0.4, -0.2) is 30.9 Å². The molecule has 0 aromatic heterocycles. The Morgan fingerprint density at radius 2 is 1.29 bits per heavy atom. The molecule has 5 heteroatoms. The Kier molecular flexibility index (Phi) is 6.07. The molecule has 0 bridgehead atoms. The van der Waals surface area contributed by atoms with Crippen molar-refractivity contribution in [1.82, 2.24) is 4.90 Å². The van der Waals surface area contributed by atoms with Crippen molar-refractivity contribution < 1.29 is 19.1 Å². The van der Waals surface area contributed by atoms with Gasteiger partial charge in [0.1, 0.15) is 11.5 Å². The molecule has 0 aliphatic carbocycles. The van der Waals surface area contributed by atoms with E-state index in [9.17, 15) is 9.59 Å². The molecule has 0 aliphatic rings. The van der Waals surface area contributed by atoms with Gasteiger partial charge in [-0.1, -0.05) is 48.5 Å². The molecule has 3 aromatic carbocycles. The van der Waals surface area contributed by atoms with Gasteiger partial charge < -0.3 is 14.4 Å². The zero-order valence-corrected chi connectivity index (χ0v) is 15.7. The number of nitrogens with zero attached hydrogens (tertiary/aromatic N) is 1. The Morgan fingerprint density at radius 3 is 1.86 bits per heavy atom. The van der Waals surface area contributed by atoms with Crippen molar-refractivity contribution in [3.63, 3.8) is 0 Å². The number of carbonyl (C=O) groups is 2. The average molecular weight is 375 g/mol. The first-order chi connectivity index (χ1) is 13.5. The van der Waals surface area contributed by atoms with E-state index in [1.165, 1.54) is 4.90 Å². The second kappa shape index (κ2) is 8.86. The number of rotatable bonds is 6. The lowest BCUT2D eigenvalue weighted by Gasteiger charge is -2.21. The molecule has 0 saturated carbocycles. The number of esters is 1. The van der Waals surface area contributed by atoms with Gasteiger partial charge in [-0.25, -0.2) is 4.79 Å². The molecule has 0 heterocycles. The smallest absolute Gasteiger partial charge is 0.339 e. The molecule has 142 valence electrons. The molecule has 0 spiro atoms. The quantitative estimate of drug-likeness (QED) is 0.597. The molecule has 1 atom stereocenters. The van der Waals surface area contributed by atoms with E-state index in [4.69, 9.17) is 9.47 Å². The van der Waals surface area contributed by atoms with Crippen LogP contribution in [0.5, 0.6) is 11.5 Å². The molecule has 3 aromatic rings. The molecule has 0 N–H and O–H groups in total. The summed E-state index contributed by atoms with van der Waals surface area (Å²) in [7, 11) is 3.25. The molecule has 0 saturated heterocycles. The van der Waals surface area contributed by atoms with Crippen molar-refractivity contribution in [2.24, 2.45) is 0 Å². The molecule has 0 radical (unpaired) electrons.